The zero-order valence-corrected chi connectivity index (χ0v) is 13.7. The maximum Gasteiger partial charge on any atom is 0.121 e. The molecule has 1 N–H and O–H groups in total. The molecule has 1 atom stereocenters. The van der Waals surface area contributed by atoms with Crippen molar-refractivity contribution >= 4 is 15.9 Å². The predicted octanol–water partition coefficient (Wildman–Crippen LogP) is 4.62. The normalized spacial score (nSPS) is 12.2. The number of rotatable bonds is 5. The molecule has 0 aliphatic heterocycles. The molecule has 3 heteroatoms. The highest BCUT2D eigenvalue weighted by Gasteiger charge is 2.08. The van der Waals surface area contributed by atoms with Crippen LogP contribution in [0.1, 0.15) is 29.7 Å². The van der Waals surface area contributed by atoms with E-state index in [9.17, 15) is 0 Å². The molecule has 20 heavy (non-hydrogen) atoms. The standard InChI is InChI=1S/C17H20BrNO/c1-12-10-14(8-9-17(12)20-3)11-19-13(2)15-6-4-5-7-16(15)18/h4-10,13,19H,11H2,1-3H3. The number of ether oxygens (including phenoxy) is 1. The van der Waals surface area contributed by atoms with E-state index in [4.69, 9.17) is 4.74 Å². The monoisotopic (exact) mass is 333 g/mol. The molecule has 0 bridgehead atoms. The Bertz CT molecular complexity index is 583. The second kappa shape index (κ2) is 6.91. The molecule has 0 aromatic heterocycles. The number of methoxy groups -OCH3 is 1. The molecular formula is C17H20BrNO. The molecule has 0 aliphatic carbocycles. The first-order chi connectivity index (χ1) is 9.61. The molecule has 2 nitrogen and oxygen atoms in total. The van der Waals surface area contributed by atoms with Crippen LogP contribution in [0.15, 0.2) is 46.9 Å². The van der Waals surface area contributed by atoms with Gasteiger partial charge in [0.1, 0.15) is 5.75 Å². The minimum Gasteiger partial charge on any atom is -0.496 e. The molecular weight excluding hydrogens is 314 g/mol. The average Bonchev–Trinajstić information content (AvgIpc) is 2.45. The van der Waals surface area contributed by atoms with E-state index >= 15 is 0 Å². The van der Waals surface area contributed by atoms with Gasteiger partial charge in [-0.25, -0.2) is 0 Å². The van der Waals surface area contributed by atoms with Gasteiger partial charge in [0.25, 0.3) is 0 Å². The second-order valence-electron chi connectivity index (χ2n) is 4.93. The molecule has 2 aromatic rings. The van der Waals surface area contributed by atoms with E-state index in [1.807, 2.05) is 12.1 Å². The fraction of sp³-hybridized carbons (Fsp3) is 0.294. The molecule has 106 valence electrons. The summed E-state index contributed by atoms with van der Waals surface area (Å²) in [6.07, 6.45) is 0. The summed E-state index contributed by atoms with van der Waals surface area (Å²) >= 11 is 3.60. The van der Waals surface area contributed by atoms with E-state index in [1.54, 1.807) is 7.11 Å². The van der Waals surface area contributed by atoms with Crippen molar-refractivity contribution in [2.24, 2.45) is 0 Å². The van der Waals surface area contributed by atoms with Gasteiger partial charge in [-0.15, -0.1) is 0 Å². The van der Waals surface area contributed by atoms with E-state index in [-0.39, 0.29) is 0 Å². The smallest absolute Gasteiger partial charge is 0.121 e. The Balaban J connectivity index is 2.02. The minimum absolute atomic E-state index is 0.299. The van der Waals surface area contributed by atoms with Crippen LogP contribution in [0.3, 0.4) is 0 Å². The summed E-state index contributed by atoms with van der Waals surface area (Å²) in [5.41, 5.74) is 3.71. The van der Waals surface area contributed by atoms with Gasteiger partial charge < -0.3 is 10.1 Å². The first-order valence-corrected chi connectivity index (χ1v) is 7.52. The largest absolute Gasteiger partial charge is 0.496 e. The van der Waals surface area contributed by atoms with Crippen LogP contribution in [-0.2, 0) is 6.54 Å². The van der Waals surface area contributed by atoms with E-state index in [0.717, 1.165) is 16.8 Å². The Hall–Kier alpha value is -1.32. The van der Waals surface area contributed by atoms with Crippen LogP contribution in [0.4, 0.5) is 0 Å². The Morgan fingerprint density at radius 2 is 1.95 bits per heavy atom. The number of halogens is 1. The van der Waals surface area contributed by atoms with Gasteiger partial charge in [0.15, 0.2) is 0 Å². The quantitative estimate of drug-likeness (QED) is 0.862. The lowest BCUT2D eigenvalue weighted by atomic mass is 10.1. The lowest BCUT2D eigenvalue weighted by molar-refractivity contribution is 0.411. The van der Waals surface area contributed by atoms with Crippen LogP contribution in [0.5, 0.6) is 5.75 Å². The van der Waals surface area contributed by atoms with E-state index < -0.39 is 0 Å². The molecule has 0 heterocycles. The molecule has 0 spiro atoms. The Morgan fingerprint density at radius 3 is 2.60 bits per heavy atom. The van der Waals surface area contributed by atoms with Crippen molar-refractivity contribution in [3.8, 4) is 5.75 Å². The van der Waals surface area contributed by atoms with Gasteiger partial charge in [-0.3, -0.25) is 0 Å². The lowest BCUT2D eigenvalue weighted by Gasteiger charge is -2.16. The molecule has 0 amide bonds. The van der Waals surface area contributed by atoms with Crippen molar-refractivity contribution in [1.29, 1.82) is 0 Å². The summed E-state index contributed by atoms with van der Waals surface area (Å²) in [6, 6.07) is 14.9. The number of nitrogens with one attached hydrogen (secondary N) is 1. The third-order valence-corrected chi connectivity index (χ3v) is 4.17. The highest BCUT2D eigenvalue weighted by atomic mass is 79.9. The maximum absolute atomic E-state index is 5.28. The summed E-state index contributed by atoms with van der Waals surface area (Å²) in [4.78, 5) is 0. The van der Waals surface area contributed by atoms with Crippen molar-refractivity contribution < 1.29 is 4.74 Å². The zero-order valence-electron chi connectivity index (χ0n) is 12.1. The topological polar surface area (TPSA) is 21.3 Å². The highest BCUT2D eigenvalue weighted by Crippen LogP contribution is 2.23. The zero-order chi connectivity index (χ0) is 14.5. The molecule has 2 aromatic carbocycles. The summed E-state index contributed by atoms with van der Waals surface area (Å²) in [6.45, 7) is 5.09. The van der Waals surface area contributed by atoms with Crippen LogP contribution >= 0.6 is 15.9 Å². The number of aryl methyl sites for hydroxylation is 1. The first kappa shape index (κ1) is 15.1. The fourth-order valence-corrected chi connectivity index (χ4v) is 2.89. The van der Waals surface area contributed by atoms with Gasteiger partial charge in [-0.05, 0) is 42.7 Å². The van der Waals surface area contributed by atoms with Crippen molar-refractivity contribution in [3.05, 3.63) is 63.6 Å². The van der Waals surface area contributed by atoms with Gasteiger partial charge >= 0.3 is 0 Å². The molecule has 2 rings (SSSR count). The van der Waals surface area contributed by atoms with E-state index in [0.29, 0.717) is 6.04 Å². The van der Waals surface area contributed by atoms with Crippen LogP contribution in [0.2, 0.25) is 0 Å². The van der Waals surface area contributed by atoms with Crippen molar-refractivity contribution in [3.63, 3.8) is 0 Å². The van der Waals surface area contributed by atoms with E-state index in [1.165, 1.54) is 16.7 Å². The van der Waals surface area contributed by atoms with Gasteiger partial charge in [0.2, 0.25) is 0 Å². The Morgan fingerprint density at radius 1 is 1.20 bits per heavy atom. The summed E-state index contributed by atoms with van der Waals surface area (Å²) < 4.78 is 6.43. The van der Waals surface area contributed by atoms with Crippen LogP contribution < -0.4 is 10.1 Å². The third kappa shape index (κ3) is 3.62. The lowest BCUT2D eigenvalue weighted by Crippen LogP contribution is -2.18. The fourth-order valence-electron chi connectivity index (χ4n) is 2.26. The molecule has 0 fully saturated rings. The number of hydrogen-bond acceptors (Lipinski definition) is 2. The molecule has 0 saturated heterocycles. The summed E-state index contributed by atoms with van der Waals surface area (Å²) in [5, 5.41) is 3.55. The van der Waals surface area contributed by atoms with Crippen molar-refractivity contribution in [2.75, 3.05) is 7.11 Å². The summed E-state index contributed by atoms with van der Waals surface area (Å²) in [7, 11) is 1.70. The molecule has 0 radical (unpaired) electrons. The number of benzene rings is 2. The number of hydrogen-bond donors (Lipinski definition) is 1. The van der Waals surface area contributed by atoms with Gasteiger partial charge in [-0.1, -0.05) is 46.3 Å². The second-order valence-corrected chi connectivity index (χ2v) is 5.78. The molecule has 0 saturated carbocycles. The first-order valence-electron chi connectivity index (χ1n) is 6.73. The van der Waals surface area contributed by atoms with Crippen molar-refractivity contribution in [2.45, 2.75) is 26.4 Å². The summed E-state index contributed by atoms with van der Waals surface area (Å²) in [5.74, 6) is 0.938. The van der Waals surface area contributed by atoms with Gasteiger partial charge in [0, 0.05) is 17.1 Å². The van der Waals surface area contributed by atoms with Crippen LogP contribution in [0, 0.1) is 6.92 Å². The Kier molecular flexibility index (Phi) is 5.21. The molecule has 0 aliphatic rings. The highest BCUT2D eigenvalue weighted by molar-refractivity contribution is 9.10. The average molecular weight is 334 g/mol. The maximum atomic E-state index is 5.28. The minimum atomic E-state index is 0.299. The van der Waals surface area contributed by atoms with Gasteiger partial charge in [-0.2, -0.15) is 0 Å². The van der Waals surface area contributed by atoms with Crippen LogP contribution in [0.25, 0.3) is 0 Å². The Labute approximate surface area is 129 Å². The SMILES string of the molecule is COc1ccc(CNC(C)c2ccccc2Br)cc1C. The van der Waals surface area contributed by atoms with Gasteiger partial charge in [0.05, 0.1) is 7.11 Å². The van der Waals surface area contributed by atoms with E-state index in [2.05, 4.69) is 65.4 Å². The van der Waals surface area contributed by atoms with Crippen molar-refractivity contribution in [1.82, 2.24) is 5.32 Å². The predicted molar refractivity (Wildman–Crippen MR) is 87.1 cm³/mol. The van der Waals surface area contributed by atoms with Crippen LogP contribution in [-0.4, -0.2) is 7.11 Å². The third-order valence-electron chi connectivity index (χ3n) is 3.44. The molecule has 1 unspecified atom stereocenters.